The molecule has 6 nitrogen and oxygen atoms in total. The largest absolute Gasteiger partial charge is 0.371 e. The van der Waals surface area contributed by atoms with Crippen molar-refractivity contribution < 1.29 is 0 Å². The van der Waals surface area contributed by atoms with Gasteiger partial charge in [0, 0.05) is 50.1 Å². The fourth-order valence-corrected chi connectivity index (χ4v) is 4.76. The summed E-state index contributed by atoms with van der Waals surface area (Å²) in [4.78, 5) is 20.3. The molecule has 0 atom stereocenters. The van der Waals surface area contributed by atoms with E-state index < -0.39 is 0 Å². The standard InChI is InChI=1S/C23H28N6/c1-2-9-29(10-3-1)20-14-19(22-21(15-20)24-7-8-25-22)13-17-11-18(12-17)16-28-23-26-5-4-6-27-23/h4-8,14-15,17-18H,1-3,9-13,16H2,(H,26,27,28). The molecule has 1 saturated heterocycles. The molecule has 3 aromatic rings. The van der Waals surface area contributed by atoms with Crippen molar-refractivity contribution in [1.29, 1.82) is 0 Å². The zero-order valence-corrected chi connectivity index (χ0v) is 16.8. The first-order valence-corrected chi connectivity index (χ1v) is 10.8. The van der Waals surface area contributed by atoms with Crippen LogP contribution in [-0.2, 0) is 6.42 Å². The Labute approximate surface area is 171 Å². The Bertz CT molecular complexity index is 948. The molecule has 1 aliphatic carbocycles. The highest BCUT2D eigenvalue weighted by molar-refractivity contribution is 5.82. The van der Waals surface area contributed by atoms with Crippen molar-refractivity contribution in [2.24, 2.45) is 11.8 Å². The van der Waals surface area contributed by atoms with Gasteiger partial charge in [-0.15, -0.1) is 0 Å². The zero-order chi connectivity index (χ0) is 19.5. The van der Waals surface area contributed by atoms with Crippen molar-refractivity contribution in [3.63, 3.8) is 0 Å². The van der Waals surface area contributed by atoms with Crippen LogP contribution >= 0.6 is 0 Å². The van der Waals surface area contributed by atoms with Gasteiger partial charge >= 0.3 is 0 Å². The fraction of sp³-hybridized carbons (Fsp3) is 0.478. The van der Waals surface area contributed by atoms with Crippen LogP contribution in [0.5, 0.6) is 0 Å². The van der Waals surface area contributed by atoms with Crippen molar-refractivity contribution in [2.45, 2.75) is 38.5 Å². The van der Waals surface area contributed by atoms with Gasteiger partial charge in [-0.3, -0.25) is 9.97 Å². The topological polar surface area (TPSA) is 66.8 Å². The Morgan fingerprint density at radius 1 is 0.862 bits per heavy atom. The minimum Gasteiger partial charge on any atom is -0.371 e. The molecule has 1 aromatic carbocycles. The molecule has 1 aliphatic heterocycles. The van der Waals surface area contributed by atoms with E-state index in [0.29, 0.717) is 5.92 Å². The number of piperidine rings is 1. The highest BCUT2D eigenvalue weighted by atomic mass is 15.1. The normalized spacial score (nSPS) is 21.7. The second-order valence-corrected chi connectivity index (χ2v) is 8.44. The molecule has 1 N–H and O–H groups in total. The summed E-state index contributed by atoms with van der Waals surface area (Å²) in [7, 11) is 0. The van der Waals surface area contributed by atoms with E-state index in [0.717, 1.165) is 49.0 Å². The Hall–Kier alpha value is -2.76. The number of hydrogen-bond donors (Lipinski definition) is 1. The van der Waals surface area contributed by atoms with Gasteiger partial charge in [0.25, 0.3) is 0 Å². The van der Waals surface area contributed by atoms with Crippen molar-refractivity contribution in [2.75, 3.05) is 29.9 Å². The van der Waals surface area contributed by atoms with E-state index in [-0.39, 0.29) is 0 Å². The molecule has 0 amide bonds. The Morgan fingerprint density at radius 2 is 1.66 bits per heavy atom. The summed E-state index contributed by atoms with van der Waals surface area (Å²) >= 11 is 0. The molecule has 0 unspecified atom stereocenters. The lowest BCUT2D eigenvalue weighted by atomic mass is 9.72. The highest BCUT2D eigenvalue weighted by Gasteiger charge is 2.30. The zero-order valence-electron chi connectivity index (χ0n) is 16.8. The van der Waals surface area contributed by atoms with Crippen molar-refractivity contribution >= 4 is 22.7 Å². The quantitative estimate of drug-likeness (QED) is 0.686. The highest BCUT2D eigenvalue weighted by Crippen LogP contribution is 2.38. The third-order valence-corrected chi connectivity index (χ3v) is 6.32. The van der Waals surface area contributed by atoms with Crippen LogP contribution in [0.1, 0.15) is 37.7 Å². The first-order chi connectivity index (χ1) is 14.3. The summed E-state index contributed by atoms with van der Waals surface area (Å²) in [6.07, 6.45) is 14.7. The minimum absolute atomic E-state index is 0.700. The van der Waals surface area contributed by atoms with E-state index in [1.54, 1.807) is 12.4 Å². The second kappa shape index (κ2) is 8.31. The predicted octanol–water partition coefficient (Wildman–Crippen LogP) is 4.09. The van der Waals surface area contributed by atoms with E-state index in [1.165, 1.54) is 43.4 Å². The first-order valence-electron chi connectivity index (χ1n) is 10.8. The van der Waals surface area contributed by atoms with Crippen LogP contribution in [-0.4, -0.2) is 39.6 Å². The SMILES string of the molecule is c1cnc(NCC2CC(Cc3cc(N4CCCCC4)cc4nccnc34)C2)nc1. The molecule has 2 aliphatic rings. The predicted molar refractivity (Wildman–Crippen MR) is 116 cm³/mol. The number of hydrogen-bond acceptors (Lipinski definition) is 6. The summed E-state index contributed by atoms with van der Waals surface area (Å²) < 4.78 is 0. The van der Waals surface area contributed by atoms with E-state index in [4.69, 9.17) is 0 Å². The van der Waals surface area contributed by atoms with E-state index in [1.807, 2.05) is 18.5 Å². The first kappa shape index (κ1) is 18.3. The van der Waals surface area contributed by atoms with Crippen LogP contribution in [0.25, 0.3) is 11.0 Å². The van der Waals surface area contributed by atoms with Gasteiger partial charge < -0.3 is 10.2 Å². The molecule has 0 radical (unpaired) electrons. The summed E-state index contributed by atoms with van der Waals surface area (Å²) in [5, 5.41) is 3.36. The van der Waals surface area contributed by atoms with Gasteiger partial charge in [0.15, 0.2) is 0 Å². The van der Waals surface area contributed by atoms with E-state index >= 15 is 0 Å². The van der Waals surface area contributed by atoms with Crippen LogP contribution in [0.3, 0.4) is 0 Å². The maximum Gasteiger partial charge on any atom is 0.222 e. The summed E-state index contributed by atoms with van der Waals surface area (Å²) in [5.41, 5.74) is 4.79. The maximum atomic E-state index is 4.66. The Balaban J connectivity index is 1.25. The van der Waals surface area contributed by atoms with Gasteiger partial charge in [-0.1, -0.05) is 0 Å². The molecule has 6 heteroatoms. The molecular formula is C23H28N6. The van der Waals surface area contributed by atoms with Gasteiger partial charge in [0.1, 0.15) is 0 Å². The molecule has 0 spiro atoms. The van der Waals surface area contributed by atoms with E-state index in [2.05, 4.69) is 42.3 Å². The number of nitrogens with one attached hydrogen (secondary N) is 1. The smallest absolute Gasteiger partial charge is 0.222 e. The Morgan fingerprint density at radius 3 is 2.48 bits per heavy atom. The van der Waals surface area contributed by atoms with Crippen molar-refractivity contribution in [1.82, 2.24) is 19.9 Å². The number of rotatable bonds is 6. The average molecular weight is 389 g/mol. The van der Waals surface area contributed by atoms with Gasteiger partial charge in [-0.2, -0.15) is 0 Å². The Kier molecular flexibility index (Phi) is 5.24. The number of nitrogens with zero attached hydrogens (tertiary/aromatic N) is 5. The monoisotopic (exact) mass is 388 g/mol. The molecule has 5 rings (SSSR count). The lowest BCUT2D eigenvalue weighted by Gasteiger charge is -2.36. The average Bonchev–Trinajstić information content (AvgIpc) is 2.76. The lowest BCUT2D eigenvalue weighted by molar-refractivity contribution is 0.204. The van der Waals surface area contributed by atoms with Crippen molar-refractivity contribution in [3.8, 4) is 0 Å². The number of aromatic nitrogens is 4. The van der Waals surface area contributed by atoms with Crippen LogP contribution in [0.2, 0.25) is 0 Å². The van der Waals surface area contributed by atoms with Gasteiger partial charge in [-0.25, -0.2) is 9.97 Å². The third-order valence-electron chi connectivity index (χ3n) is 6.32. The van der Waals surface area contributed by atoms with Crippen LogP contribution < -0.4 is 10.2 Å². The van der Waals surface area contributed by atoms with Crippen LogP contribution in [0.15, 0.2) is 43.0 Å². The molecule has 150 valence electrons. The summed E-state index contributed by atoms with van der Waals surface area (Å²) in [5.74, 6) is 2.15. The number of benzene rings is 1. The summed E-state index contributed by atoms with van der Waals surface area (Å²) in [6, 6.07) is 6.45. The molecule has 2 fully saturated rings. The van der Waals surface area contributed by atoms with E-state index in [9.17, 15) is 0 Å². The number of fused-ring (bicyclic) bond motifs is 1. The van der Waals surface area contributed by atoms with Crippen LogP contribution in [0.4, 0.5) is 11.6 Å². The summed E-state index contributed by atoms with van der Waals surface area (Å²) in [6.45, 7) is 3.27. The van der Waals surface area contributed by atoms with Gasteiger partial charge in [-0.05, 0) is 74.1 Å². The molecule has 0 bridgehead atoms. The molecular weight excluding hydrogens is 360 g/mol. The lowest BCUT2D eigenvalue weighted by Crippen LogP contribution is -2.31. The second-order valence-electron chi connectivity index (χ2n) is 8.44. The minimum atomic E-state index is 0.700. The maximum absolute atomic E-state index is 4.66. The van der Waals surface area contributed by atoms with Crippen molar-refractivity contribution in [3.05, 3.63) is 48.5 Å². The molecule has 2 aromatic heterocycles. The molecule has 29 heavy (non-hydrogen) atoms. The van der Waals surface area contributed by atoms with Gasteiger partial charge in [0.2, 0.25) is 5.95 Å². The fourth-order valence-electron chi connectivity index (χ4n) is 4.76. The van der Waals surface area contributed by atoms with Gasteiger partial charge in [0.05, 0.1) is 11.0 Å². The molecule has 1 saturated carbocycles. The number of anilines is 2. The molecule has 3 heterocycles. The third kappa shape index (κ3) is 4.16. The van der Waals surface area contributed by atoms with Crippen LogP contribution in [0, 0.1) is 11.8 Å².